The number of hydrogen-bond acceptors (Lipinski definition) is 4. The molecule has 1 unspecified atom stereocenters. The van der Waals surface area contributed by atoms with Crippen molar-refractivity contribution in [2.24, 2.45) is 0 Å². The largest absolute Gasteiger partial charge is 0.481 e. The third kappa shape index (κ3) is 4.92. The number of carbonyl (C=O) groups is 1. The number of rotatable bonds is 8. The van der Waals surface area contributed by atoms with E-state index in [-0.39, 0.29) is 22.8 Å². The molecule has 3 rings (SSSR count). The normalized spacial score (nSPS) is 13.3. The highest BCUT2D eigenvalue weighted by molar-refractivity contribution is 5.93. The minimum Gasteiger partial charge on any atom is -0.481 e. The highest BCUT2D eigenvalue weighted by Crippen LogP contribution is 2.38. The van der Waals surface area contributed by atoms with E-state index in [1.165, 1.54) is 5.56 Å². The zero-order valence-corrected chi connectivity index (χ0v) is 19.7. The van der Waals surface area contributed by atoms with Gasteiger partial charge in [0.25, 0.3) is 5.91 Å². The van der Waals surface area contributed by atoms with Crippen molar-refractivity contribution in [2.75, 3.05) is 5.32 Å². The Morgan fingerprint density at radius 1 is 1.06 bits per heavy atom. The van der Waals surface area contributed by atoms with Crippen molar-refractivity contribution in [1.29, 1.82) is 0 Å². The van der Waals surface area contributed by atoms with Gasteiger partial charge in [0, 0.05) is 5.56 Å². The van der Waals surface area contributed by atoms with Crippen molar-refractivity contribution >= 4 is 23.0 Å². The lowest BCUT2D eigenvalue weighted by Gasteiger charge is -2.31. The summed E-state index contributed by atoms with van der Waals surface area (Å²) < 4.78 is 11.8. The van der Waals surface area contributed by atoms with E-state index in [0.29, 0.717) is 11.1 Å². The van der Waals surface area contributed by atoms with Crippen molar-refractivity contribution < 1.29 is 13.9 Å². The van der Waals surface area contributed by atoms with Crippen LogP contribution in [0.4, 0.5) is 6.01 Å². The fraction of sp³-hybridized carbons (Fsp3) is 0.462. The molecule has 5 heteroatoms. The Kier molecular flexibility index (Phi) is 6.44. The number of benzene rings is 2. The first-order chi connectivity index (χ1) is 14.6. The summed E-state index contributed by atoms with van der Waals surface area (Å²) in [7, 11) is 0. The number of hydrogen-bond donors (Lipinski definition) is 1. The van der Waals surface area contributed by atoms with E-state index in [4.69, 9.17) is 9.15 Å². The van der Waals surface area contributed by atoms with Gasteiger partial charge in [0.15, 0.2) is 11.7 Å². The van der Waals surface area contributed by atoms with E-state index < -0.39 is 6.10 Å². The van der Waals surface area contributed by atoms with Crippen LogP contribution < -0.4 is 10.1 Å². The molecule has 1 N–H and O–H groups in total. The molecule has 1 amide bonds. The fourth-order valence-electron chi connectivity index (χ4n) is 3.35. The number of carbonyl (C=O) groups excluding carboxylic acids is 1. The summed E-state index contributed by atoms with van der Waals surface area (Å²) in [5.41, 5.74) is 3.73. The third-order valence-electron chi connectivity index (χ3n) is 6.45. The van der Waals surface area contributed by atoms with E-state index in [1.807, 2.05) is 30.3 Å². The van der Waals surface area contributed by atoms with Crippen molar-refractivity contribution in [2.45, 2.75) is 78.2 Å². The first kappa shape index (κ1) is 22.9. The minimum atomic E-state index is -0.702. The third-order valence-corrected chi connectivity index (χ3v) is 6.45. The quantitative estimate of drug-likeness (QED) is 0.444. The highest BCUT2D eigenvalue weighted by atomic mass is 16.5. The van der Waals surface area contributed by atoms with Crippen molar-refractivity contribution in [3.8, 4) is 5.75 Å². The van der Waals surface area contributed by atoms with Gasteiger partial charge in [-0.15, -0.1) is 0 Å². The lowest BCUT2D eigenvalue weighted by molar-refractivity contribution is -0.122. The summed E-state index contributed by atoms with van der Waals surface area (Å²) in [5.74, 6) is 0.437. The first-order valence-electron chi connectivity index (χ1n) is 11.1. The predicted molar refractivity (Wildman–Crippen MR) is 126 cm³/mol. The molecule has 0 aliphatic rings. The Balaban J connectivity index is 1.83. The van der Waals surface area contributed by atoms with Crippen LogP contribution in [0.2, 0.25) is 0 Å². The number of anilines is 1. The summed E-state index contributed by atoms with van der Waals surface area (Å²) in [5, 5.41) is 2.73. The smallest absolute Gasteiger partial charge is 0.302 e. The Labute approximate surface area is 185 Å². The maximum Gasteiger partial charge on any atom is 0.302 e. The number of ether oxygens (including phenoxy) is 1. The van der Waals surface area contributed by atoms with Crippen LogP contribution in [0.15, 0.2) is 46.9 Å². The zero-order chi connectivity index (χ0) is 22.8. The summed E-state index contributed by atoms with van der Waals surface area (Å²) in [6.45, 7) is 15.0. The Bertz CT molecular complexity index is 1030. The van der Waals surface area contributed by atoms with Gasteiger partial charge in [-0.1, -0.05) is 65.8 Å². The molecule has 0 spiro atoms. The molecular formula is C26H34N2O3. The first-order valence-corrected chi connectivity index (χ1v) is 11.1. The maximum atomic E-state index is 12.8. The van der Waals surface area contributed by atoms with Gasteiger partial charge in [0.2, 0.25) is 0 Å². The second-order valence-corrected chi connectivity index (χ2v) is 9.42. The molecule has 1 heterocycles. The summed E-state index contributed by atoms with van der Waals surface area (Å²) >= 11 is 0. The maximum absolute atomic E-state index is 12.8. The van der Waals surface area contributed by atoms with Gasteiger partial charge in [-0.2, -0.15) is 4.98 Å². The SMILES string of the molecule is CCC(C)(C)c1ccc(OC(C)C(=O)Nc2nc3ccccc3o2)c(C(C)(C)CC)c1. The molecule has 0 bridgehead atoms. The van der Waals surface area contributed by atoms with E-state index in [0.717, 1.165) is 24.2 Å². The monoisotopic (exact) mass is 422 g/mol. The van der Waals surface area contributed by atoms with Gasteiger partial charge >= 0.3 is 6.01 Å². The Hall–Kier alpha value is -2.82. The van der Waals surface area contributed by atoms with Crippen LogP contribution in [0.25, 0.3) is 11.1 Å². The molecule has 31 heavy (non-hydrogen) atoms. The number of nitrogens with one attached hydrogen (secondary N) is 1. The average Bonchev–Trinajstić information content (AvgIpc) is 3.15. The second kappa shape index (κ2) is 8.74. The average molecular weight is 423 g/mol. The molecule has 2 aromatic carbocycles. The summed E-state index contributed by atoms with van der Waals surface area (Å²) in [6, 6.07) is 13.9. The lowest BCUT2D eigenvalue weighted by Crippen LogP contribution is -2.31. The molecule has 0 aliphatic heterocycles. The van der Waals surface area contributed by atoms with E-state index in [9.17, 15) is 4.79 Å². The molecule has 0 radical (unpaired) electrons. The summed E-state index contributed by atoms with van der Waals surface area (Å²) in [4.78, 5) is 17.1. The molecule has 1 atom stereocenters. The van der Waals surface area contributed by atoms with Crippen LogP contribution in [0.5, 0.6) is 5.75 Å². The van der Waals surface area contributed by atoms with Gasteiger partial charge in [0.05, 0.1) is 0 Å². The standard InChI is InChI=1S/C26H34N2O3/c1-8-25(4,5)18-14-15-21(19(16-18)26(6,7)9-2)30-17(3)23(29)28-24-27-20-12-10-11-13-22(20)31-24/h10-17H,8-9H2,1-7H3,(H,27,28,29). The number of fused-ring (bicyclic) bond motifs is 1. The lowest BCUT2D eigenvalue weighted by atomic mass is 9.76. The van der Waals surface area contributed by atoms with Crippen molar-refractivity contribution in [3.63, 3.8) is 0 Å². The minimum absolute atomic E-state index is 0.0764. The zero-order valence-electron chi connectivity index (χ0n) is 19.7. The van der Waals surface area contributed by atoms with Crippen LogP contribution in [0.3, 0.4) is 0 Å². The number of aromatic nitrogens is 1. The van der Waals surface area contributed by atoms with Gasteiger partial charge < -0.3 is 9.15 Å². The second-order valence-electron chi connectivity index (χ2n) is 9.42. The van der Waals surface area contributed by atoms with Crippen LogP contribution in [0.1, 0.15) is 72.4 Å². The molecule has 0 saturated carbocycles. The van der Waals surface area contributed by atoms with Crippen molar-refractivity contribution in [1.82, 2.24) is 4.98 Å². The fourth-order valence-corrected chi connectivity index (χ4v) is 3.35. The molecule has 3 aromatic rings. The van der Waals surface area contributed by atoms with Gasteiger partial charge in [-0.05, 0) is 54.4 Å². The van der Waals surface area contributed by atoms with Crippen LogP contribution in [-0.2, 0) is 15.6 Å². The van der Waals surface area contributed by atoms with Gasteiger partial charge in [-0.3, -0.25) is 10.1 Å². The summed E-state index contributed by atoms with van der Waals surface area (Å²) in [6.07, 6.45) is 1.30. The van der Waals surface area contributed by atoms with Crippen LogP contribution in [-0.4, -0.2) is 17.0 Å². The molecule has 5 nitrogen and oxygen atoms in total. The van der Waals surface area contributed by atoms with Crippen LogP contribution >= 0.6 is 0 Å². The van der Waals surface area contributed by atoms with E-state index >= 15 is 0 Å². The van der Waals surface area contributed by atoms with Crippen molar-refractivity contribution in [3.05, 3.63) is 53.6 Å². The number of amides is 1. The number of nitrogens with zero attached hydrogens (tertiary/aromatic N) is 1. The van der Waals surface area contributed by atoms with E-state index in [1.54, 1.807) is 6.92 Å². The molecular weight excluding hydrogens is 388 g/mol. The Morgan fingerprint density at radius 2 is 1.74 bits per heavy atom. The Morgan fingerprint density at radius 3 is 2.39 bits per heavy atom. The van der Waals surface area contributed by atoms with Gasteiger partial charge in [0.1, 0.15) is 11.3 Å². The molecule has 0 fully saturated rings. The number of oxazole rings is 1. The van der Waals surface area contributed by atoms with Crippen LogP contribution in [0, 0.1) is 0 Å². The molecule has 1 aromatic heterocycles. The molecule has 166 valence electrons. The molecule has 0 saturated heterocycles. The van der Waals surface area contributed by atoms with Gasteiger partial charge in [-0.25, -0.2) is 0 Å². The highest BCUT2D eigenvalue weighted by Gasteiger charge is 2.28. The predicted octanol–water partition coefficient (Wildman–Crippen LogP) is 6.61. The van der Waals surface area contributed by atoms with E-state index in [2.05, 4.69) is 64.0 Å². The topological polar surface area (TPSA) is 64.4 Å². The number of para-hydroxylation sites is 2. The molecule has 0 aliphatic carbocycles.